The number of phenolic OH excluding ortho intramolecular Hbond substituents is 2. The van der Waals surface area contributed by atoms with Crippen molar-refractivity contribution in [2.24, 2.45) is 0 Å². The van der Waals surface area contributed by atoms with Crippen LogP contribution in [-0.2, 0) is 11.8 Å². The van der Waals surface area contributed by atoms with Crippen LogP contribution >= 0.6 is 0 Å². The van der Waals surface area contributed by atoms with Crippen LogP contribution in [0.5, 0.6) is 11.5 Å². The fourth-order valence-electron chi connectivity index (χ4n) is 3.85. The molecule has 0 saturated heterocycles. The molecule has 0 heterocycles. The van der Waals surface area contributed by atoms with Gasteiger partial charge in [0.1, 0.15) is 11.5 Å². The Bertz CT molecular complexity index is 865. The van der Waals surface area contributed by atoms with Gasteiger partial charge in [-0.05, 0) is 53.8 Å². The number of phenols is 2. The van der Waals surface area contributed by atoms with Crippen molar-refractivity contribution >= 4 is 0 Å². The van der Waals surface area contributed by atoms with Crippen LogP contribution in [0.1, 0.15) is 82.4 Å². The zero-order chi connectivity index (χ0) is 23.2. The van der Waals surface area contributed by atoms with E-state index in [1.807, 2.05) is 30.3 Å². The molecule has 3 rings (SSSR count). The number of rotatable bonds is 10. The minimum atomic E-state index is -0.0328. The summed E-state index contributed by atoms with van der Waals surface area (Å²) in [5.74, 6) is 0.677. The van der Waals surface area contributed by atoms with Gasteiger partial charge in [-0.1, -0.05) is 114 Å². The van der Waals surface area contributed by atoms with Crippen LogP contribution in [0.3, 0.4) is 0 Å². The highest BCUT2D eigenvalue weighted by Crippen LogP contribution is 2.31. The second-order valence-corrected chi connectivity index (χ2v) is 9.08. The van der Waals surface area contributed by atoms with E-state index in [-0.39, 0.29) is 5.41 Å². The molecule has 0 atom stereocenters. The average Bonchev–Trinajstić information content (AvgIpc) is 2.81. The third-order valence-corrected chi connectivity index (χ3v) is 6.09. The molecule has 0 aromatic heterocycles. The Morgan fingerprint density at radius 1 is 0.562 bits per heavy atom. The highest BCUT2D eigenvalue weighted by atomic mass is 16.3. The topological polar surface area (TPSA) is 40.5 Å². The lowest BCUT2D eigenvalue weighted by molar-refractivity contribution is 0.474. The maximum atomic E-state index is 9.29. The fourth-order valence-corrected chi connectivity index (χ4v) is 3.85. The van der Waals surface area contributed by atoms with Gasteiger partial charge < -0.3 is 10.2 Å². The van der Waals surface area contributed by atoms with Crippen molar-refractivity contribution in [3.05, 3.63) is 95.6 Å². The first kappa shape index (κ1) is 25.5. The van der Waals surface area contributed by atoms with Gasteiger partial charge in [0.2, 0.25) is 0 Å². The third-order valence-electron chi connectivity index (χ3n) is 6.09. The van der Waals surface area contributed by atoms with E-state index in [0.717, 1.165) is 6.42 Å². The van der Waals surface area contributed by atoms with Crippen molar-refractivity contribution in [2.45, 2.75) is 77.6 Å². The van der Waals surface area contributed by atoms with Gasteiger partial charge >= 0.3 is 0 Å². The van der Waals surface area contributed by atoms with Crippen molar-refractivity contribution in [1.82, 2.24) is 0 Å². The van der Waals surface area contributed by atoms with Crippen molar-refractivity contribution in [1.29, 1.82) is 0 Å². The number of aryl methyl sites for hydroxylation is 1. The smallest absolute Gasteiger partial charge is 0.115 e. The summed E-state index contributed by atoms with van der Waals surface area (Å²) < 4.78 is 0. The minimum absolute atomic E-state index is 0.0328. The normalized spacial score (nSPS) is 11.0. The van der Waals surface area contributed by atoms with Crippen molar-refractivity contribution < 1.29 is 10.2 Å². The van der Waals surface area contributed by atoms with Gasteiger partial charge in [-0.15, -0.1) is 0 Å². The Balaban J connectivity index is 0.000000227. The highest BCUT2D eigenvalue weighted by molar-refractivity contribution is 5.39. The molecular formula is C30H40O2. The van der Waals surface area contributed by atoms with Crippen LogP contribution in [0.2, 0.25) is 0 Å². The quantitative estimate of drug-likeness (QED) is 0.316. The van der Waals surface area contributed by atoms with E-state index in [4.69, 9.17) is 5.11 Å². The average molecular weight is 433 g/mol. The first-order chi connectivity index (χ1) is 15.4. The molecule has 172 valence electrons. The Hall–Kier alpha value is -2.74. The summed E-state index contributed by atoms with van der Waals surface area (Å²) in [7, 11) is 0. The Labute approximate surface area is 195 Å². The van der Waals surface area contributed by atoms with Gasteiger partial charge in [0.05, 0.1) is 0 Å². The van der Waals surface area contributed by atoms with Gasteiger partial charge in [-0.2, -0.15) is 0 Å². The van der Waals surface area contributed by atoms with Gasteiger partial charge in [-0.25, -0.2) is 0 Å². The summed E-state index contributed by atoms with van der Waals surface area (Å²) in [4.78, 5) is 0. The summed E-state index contributed by atoms with van der Waals surface area (Å²) in [5.41, 5.74) is 3.79. The molecule has 0 fully saturated rings. The second-order valence-electron chi connectivity index (χ2n) is 9.08. The third kappa shape index (κ3) is 8.78. The second kappa shape index (κ2) is 13.6. The Morgan fingerprint density at radius 3 is 1.59 bits per heavy atom. The van der Waals surface area contributed by atoms with Crippen molar-refractivity contribution in [2.75, 3.05) is 0 Å². The molecule has 2 nitrogen and oxygen atoms in total. The van der Waals surface area contributed by atoms with Crippen LogP contribution in [0.25, 0.3) is 0 Å². The summed E-state index contributed by atoms with van der Waals surface area (Å²) >= 11 is 0. The number of unbranched alkanes of at least 4 members (excludes halogenated alkanes) is 6. The first-order valence-corrected chi connectivity index (χ1v) is 12.1. The summed E-state index contributed by atoms with van der Waals surface area (Å²) in [5, 5.41) is 18.4. The van der Waals surface area contributed by atoms with Crippen molar-refractivity contribution in [3.63, 3.8) is 0 Å². The molecule has 3 aromatic carbocycles. The molecule has 0 spiro atoms. The molecule has 0 amide bonds. The van der Waals surface area contributed by atoms with Gasteiger partial charge in [0, 0.05) is 5.41 Å². The van der Waals surface area contributed by atoms with Gasteiger partial charge in [-0.3, -0.25) is 0 Å². The van der Waals surface area contributed by atoms with Gasteiger partial charge in [0.25, 0.3) is 0 Å². The zero-order valence-corrected chi connectivity index (χ0v) is 20.1. The van der Waals surface area contributed by atoms with E-state index in [0.29, 0.717) is 11.5 Å². The molecule has 0 saturated carbocycles. The SMILES string of the molecule is CC(C)(c1ccccc1)c1ccc(O)cc1.CCCCCCCCCc1ccc(O)cc1. The number of aromatic hydroxyl groups is 2. The molecule has 32 heavy (non-hydrogen) atoms. The van der Waals surface area contributed by atoms with E-state index in [9.17, 15) is 5.11 Å². The monoisotopic (exact) mass is 432 g/mol. The molecule has 2 heteroatoms. The molecule has 3 aromatic rings. The van der Waals surface area contributed by atoms with E-state index < -0.39 is 0 Å². The predicted octanol–water partition coefficient (Wildman–Crippen LogP) is 8.40. The van der Waals surface area contributed by atoms with Crippen molar-refractivity contribution in [3.8, 4) is 11.5 Å². The van der Waals surface area contributed by atoms with Crippen LogP contribution in [0.15, 0.2) is 78.9 Å². The Kier molecular flexibility index (Phi) is 10.9. The number of hydrogen-bond acceptors (Lipinski definition) is 2. The lowest BCUT2D eigenvalue weighted by Gasteiger charge is -2.26. The van der Waals surface area contributed by atoms with E-state index in [1.54, 1.807) is 24.3 Å². The summed E-state index contributed by atoms with van der Waals surface area (Å²) in [6.07, 6.45) is 10.6. The first-order valence-electron chi connectivity index (χ1n) is 12.1. The standard InChI is InChI=1S/C15H16O.C15H24O/c1-15(2,12-6-4-3-5-7-12)13-8-10-14(16)11-9-13;1-2-3-4-5-6-7-8-9-14-10-12-15(16)13-11-14/h3-11,16H,1-2H3;10-13,16H,2-9H2,1H3. The van der Waals surface area contributed by atoms with Gasteiger partial charge in [0.15, 0.2) is 0 Å². The molecule has 0 radical (unpaired) electrons. The van der Waals surface area contributed by atoms with Crippen LogP contribution < -0.4 is 0 Å². The number of hydrogen-bond donors (Lipinski definition) is 2. The number of benzene rings is 3. The van der Waals surface area contributed by atoms with E-state index in [2.05, 4.69) is 45.0 Å². The highest BCUT2D eigenvalue weighted by Gasteiger charge is 2.22. The minimum Gasteiger partial charge on any atom is -0.508 e. The van der Waals surface area contributed by atoms with Crippen LogP contribution in [-0.4, -0.2) is 10.2 Å². The molecule has 0 bridgehead atoms. The van der Waals surface area contributed by atoms with Crippen LogP contribution in [0.4, 0.5) is 0 Å². The van der Waals surface area contributed by atoms with E-state index in [1.165, 1.54) is 61.6 Å². The summed E-state index contributed by atoms with van der Waals surface area (Å²) in [6.45, 7) is 6.63. The maximum Gasteiger partial charge on any atom is 0.115 e. The maximum absolute atomic E-state index is 9.29. The molecule has 0 unspecified atom stereocenters. The van der Waals surface area contributed by atoms with Crippen LogP contribution in [0, 0.1) is 0 Å². The predicted molar refractivity (Wildman–Crippen MR) is 136 cm³/mol. The fraction of sp³-hybridized carbons (Fsp3) is 0.400. The Morgan fingerprint density at radius 2 is 1.03 bits per heavy atom. The molecule has 0 aliphatic rings. The summed E-state index contributed by atoms with van der Waals surface area (Å²) in [6, 6.07) is 25.4. The molecule has 2 N–H and O–H groups in total. The lowest BCUT2D eigenvalue weighted by Crippen LogP contribution is -2.18. The van der Waals surface area contributed by atoms with E-state index >= 15 is 0 Å². The molecule has 0 aliphatic heterocycles. The largest absolute Gasteiger partial charge is 0.508 e. The lowest BCUT2D eigenvalue weighted by atomic mass is 9.78. The zero-order valence-electron chi connectivity index (χ0n) is 20.1. The molecule has 0 aliphatic carbocycles. The molecular weight excluding hydrogens is 392 g/mol.